The minimum absolute atomic E-state index is 0.220. The highest BCUT2D eigenvalue weighted by molar-refractivity contribution is 5.30. The van der Waals surface area contributed by atoms with Crippen molar-refractivity contribution in [1.29, 1.82) is 5.26 Å². The summed E-state index contributed by atoms with van der Waals surface area (Å²) in [5.41, 5.74) is 0.687. The predicted octanol–water partition coefficient (Wildman–Crippen LogP) is 2.69. The Hall–Kier alpha value is -2.23. The van der Waals surface area contributed by atoms with Crippen LogP contribution in [0.5, 0.6) is 0 Å². The van der Waals surface area contributed by atoms with Gasteiger partial charge in [-0.2, -0.15) is 10.4 Å². The maximum absolute atomic E-state index is 9.88. The predicted molar refractivity (Wildman–Crippen MR) is 92.9 cm³/mol. The van der Waals surface area contributed by atoms with Crippen LogP contribution in [0.15, 0.2) is 36.7 Å². The second-order valence-corrected chi connectivity index (χ2v) is 6.90. The average molecular weight is 337 g/mol. The molecule has 0 aliphatic carbocycles. The number of hydrogen-bond acceptors (Lipinski definition) is 5. The zero-order chi connectivity index (χ0) is 17.1. The van der Waals surface area contributed by atoms with Crippen LogP contribution in [-0.4, -0.2) is 44.5 Å². The van der Waals surface area contributed by atoms with Gasteiger partial charge >= 0.3 is 0 Å². The Bertz CT molecular complexity index is 739. The first kappa shape index (κ1) is 16.2. The summed E-state index contributed by atoms with van der Waals surface area (Å²) in [7, 11) is 0. The van der Waals surface area contributed by atoms with E-state index in [1.54, 1.807) is 6.33 Å². The van der Waals surface area contributed by atoms with Gasteiger partial charge in [-0.25, -0.2) is 9.67 Å². The molecule has 0 saturated carbocycles. The zero-order valence-electron chi connectivity index (χ0n) is 14.3. The molecule has 2 atom stereocenters. The summed E-state index contributed by atoms with van der Waals surface area (Å²) < 4.78 is 8.03. The Kier molecular flexibility index (Phi) is 4.51. The molecule has 2 saturated heterocycles. The monoisotopic (exact) mass is 337 g/mol. The molecule has 0 unspecified atom stereocenters. The van der Waals surface area contributed by atoms with Crippen molar-refractivity contribution in [3.63, 3.8) is 0 Å². The van der Waals surface area contributed by atoms with Crippen molar-refractivity contribution in [2.75, 3.05) is 13.2 Å². The molecule has 25 heavy (non-hydrogen) atoms. The number of hydrogen-bond donors (Lipinski definition) is 0. The highest BCUT2D eigenvalue weighted by Gasteiger charge is 2.47. The normalized spacial score (nSPS) is 27.2. The van der Waals surface area contributed by atoms with Crippen LogP contribution in [0.25, 0.3) is 5.69 Å². The number of piperidine rings is 1. The fourth-order valence-electron chi connectivity index (χ4n) is 4.18. The van der Waals surface area contributed by atoms with Gasteiger partial charge in [-0.3, -0.25) is 4.90 Å². The van der Waals surface area contributed by atoms with Crippen LogP contribution in [0.3, 0.4) is 0 Å². The summed E-state index contributed by atoms with van der Waals surface area (Å²) in [6.07, 6.45) is 6.84. The molecule has 130 valence electrons. The molecule has 0 radical (unpaired) electrons. The van der Waals surface area contributed by atoms with Crippen LogP contribution < -0.4 is 0 Å². The number of aromatic nitrogens is 3. The third-order valence-corrected chi connectivity index (χ3v) is 5.38. The second kappa shape index (κ2) is 6.95. The van der Waals surface area contributed by atoms with Crippen molar-refractivity contribution >= 4 is 0 Å². The lowest BCUT2D eigenvalue weighted by Crippen LogP contribution is -2.58. The Balaban J connectivity index is 1.58. The molecule has 0 N–H and O–H groups in total. The number of nitriles is 1. The molecule has 2 fully saturated rings. The van der Waals surface area contributed by atoms with E-state index < -0.39 is 0 Å². The fraction of sp³-hybridized carbons (Fsp3) is 0.526. The van der Waals surface area contributed by atoms with E-state index >= 15 is 0 Å². The molecule has 2 aromatic rings. The maximum Gasteiger partial charge on any atom is 0.146 e. The largest absolute Gasteiger partial charge is 0.372 e. The number of likely N-dealkylation sites (tertiary alicyclic amines) is 1. The van der Waals surface area contributed by atoms with Crippen LogP contribution in [0.2, 0.25) is 0 Å². The molecule has 6 heteroatoms. The van der Waals surface area contributed by atoms with Crippen molar-refractivity contribution in [2.45, 2.75) is 50.3 Å². The lowest BCUT2D eigenvalue weighted by molar-refractivity contribution is -0.138. The van der Waals surface area contributed by atoms with Gasteiger partial charge in [0.1, 0.15) is 18.2 Å². The molecular formula is C19H23N5O. The van der Waals surface area contributed by atoms with Gasteiger partial charge < -0.3 is 4.74 Å². The van der Waals surface area contributed by atoms with Crippen molar-refractivity contribution in [2.24, 2.45) is 0 Å². The van der Waals surface area contributed by atoms with Gasteiger partial charge in [0.05, 0.1) is 23.9 Å². The van der Waals surface area contributed by atoms with Crippen molar-refractivity contribution in [3.05, 3.63) is 42.5 Å². The summed E-state index contributed by atoms with van der Waals surface area (Å²) in [6, 6.07) is 12.3. The van der Waals surface area contributed by atoms with E-state index in [-0.39, 0.29) is 11.6 Å². The minimum Gasteiger partial charge on any atom is -0.372 e. The highest BCUT2D eigenvalue weighted by atomic mass is 16.5. The van der Waals surface area contributed by atoms with E-state index in [0.717, 1.165) is 56.8 Å². The summed E-state index contributed by atoms with van der Waals surface area (Å²) >= 11 is 0. The van der Waals surface area contributed by atoms with Crippen LogP contribution in [-0.2, 0) is 11.3 Å². The van der Waals surface area contributed by atoms with Gasteiger partial charge in [-0.1, -0.05) is 18.2 Å². The Labute approximate surface area is 148 Å². The second-order valence-electron chi connectivity index (χ2n) is 6.90. The third-order valence-electron chi connectivity index (χ3n) is 5.38. The van der Waals surface area contributed by atoms with Crippen LogP contribution in [0, 0.1) is 11.3 Å². The quantitative estimate of drug-likeness (QED) is 0.861. The first-order chi connectivity index (χ1) is 12.3. The van der Waals surface area contributed by atoms with E-state index in [0.29, 0.717) is 6.54 Å². The summed E-state index contributed by atoms with van der Waals surface area (Å²) in [5, 5.41) is 14.3. The molecule has 3 heterocycles. The van der Waals surface area contributed by atoms with E-state index in [4.69, 9.17) is 4.74 Å². The van der Waals surface area contributed by atoms with Gasteiger partial charge in [0.25, 0.3) is 0 Å². The van der Waals surface area contributed by atoms with E-state index in [9.17, 15) is 5.26 Å². The Morgan fingerprint density at radius 3 is 2.80 bits per heavy atom. The van der Waals surface area contributed by atoms with Gasteiger partial charge in [0, 0.05) is 13.2 Å². The summed E-state index contributed by atoms with van der Waals surface area (Å²) in [5.74, 6) is 0.860. The molecule has 2 aliphatic heterocycles. The number of rotatable bonds is 3. The molecule has 0 amide bonds. The number of ether oxygens (including phenoxy) is 1. The molecule has 4 rings (SSSR count). The maximum atomic E-state index is 9.88. The molecule has 2 aliphatic rings. The lowest BCUT2D eigenvalue weighted by Gasteiger charge is -2.48. The number of nitrogens with zero attached hydrogens (tertiary/aromatic N) is 5. The minimum atomic E-state index is -0.303. The Morgan fingerprint density at radius 2 is 2.04 bits per heavy atom. The lowest BCUT2D eigenvalue weighted by atomic mass is 9.79. The fourth-order valence-corrected chi connectivity index (χ4v) is 4.18. The van der Waals surface area contributed by atoms with Crippen molar-refractivity contribution < 1.29 is 4.74 Å². The number of benzene rings is 1. The first-order valence-corrected chi connectivity index (χ1v) is 9.04. The molecule has 0 bridgehead atoms. The molecule has 1 aromatic carbocycles. The van der Waals surface area contributed by atoms with Crippen LogP contribution >= 0.6 is 0 Å². The third kappa shape index (κ3) is 3.06. The smallest absolute Gasteiger partial charge is 0.146 e. The summed E-state index contributed by atoms with van der Waals surface area (Å²) in [6.45, 7) is 2.27. The van der Waals surface area contributed by atoms with Crippen molar-refractivity contribution in [1.82, 2.24) is 19.7 Å². The molecular weight excluding hydrogens is 314 g/mol. The standard InChI is InChI=1S/C19H23N5O/c20-13-17-19(9-4-5-12-25-19)10-6-11-23(17)14-18-21-15-22-24(18)16-7-2-1-3-8-16/h1-3,7-8,15,17H,4-6,9-12,14H2/t17-,19+/m1/s1. The Morgan fingerprint density at radius 1 is 1.20 bits per heavy atom. The van der Waals surface area contributed by atoms with E-state index in [1.807, 2.05) is 35.0 Å². The molecule has 6 nitrogen and oxygen atoms in total. The van der Waals surface area contributed by atoms with Gasteiger partial charge in [0.2, 0.25) is 0 Å². The van der Waals surface area contributed by atoms with Gasteiger partial charge in [0.15, 0.2) is 0 Å². The van der Waals surface area contributed by atoms with Gasteiger partial charge in [-0.05, 0) is 44.2 Å². The highest BCUT2D eigenvalue weighted by Crippen LogP contribution is 2.38. The zero-order valence-corrected chi connectivity index (χ0v) is 14.3. The van der Waals surface area contributed by atoms with Crippen LogP contribution in [0.1, 0.15) is 37.9 Å². The average Bonchev–Trinajstić information content (AvgIpc) is 3.11. The molecule has 1 spiro atoms. The van der Waals surface area contributed by atoms with Crippen LogP contribution in [0.4, 0.5) is 0 Å². The van der Waals surface area contributed by atoms with Crippen molar-refractivity contribution in [3.8, 4) is 11.8 Å². The van der Waals surface area contributed by atoms with E-state index in [1.165, 1.54) is 0 Å². The number of para-hydroxylation sites is 1. The van der Waals surface area contributed by atoms with E-state index in [2.05, 4.69) is 21.1 Å². The topological polar surface area (TPSA) is 67.0 Å². The first-order valence-electron chi connectivity index (χ1n) is 9.04. The SMILES string of the molecule is N#C[C@H]1N(Cc2ncnn2-c2ccccc2)CCC[C@@]12CCCCO2. The van der Waals surface area contributed by atoms with Gasteiger partial charge in [-0.15, -0.1) is 0 Å². The summed E-state index contributed by atoms with van der Waals surface area (Å²) in [4.78, 5) is 6.67. The molecule has 1 aromatic heterocycles.